The van der Waals surface area contributed by atoms with Crippen LogP contribution in [0.1, 0.15) is 30.4 Å². The summed E-state index contributed by atoms with van der Waals surface area (Å²) in [4.78, 5) is 13.1. The predicted molar refractivity (Wildman–Crippen MR) is 86.4 cm³/mol. The van der Waals surface area contributed by atoms with E-state index in [9.17, 15) is 28.2 Å². The third-order valence-electron chi connectivity index (χ3n) is 6.61. The molecule has 1 saturated carbocycles. The van der Waals surface area contributed by atoms with Crippen LogP contribution < -0.4 is 5.73 Å². The zero-order chi connectivity index (χ0) is 18.9. The minimum Gasteiger partial charge on any atom is -0.508 e. The van der Waals surface area contributed by atoms with E-state index in [0.29, 0.717) is 6.42 Å². The van der Waals surface area contributed by atoms with Crippen molar-refractivity contribution < 1.29 is 28.2 Å². The smallest absolute Gasteiger partial charge is 0.401 e. The number of phenols is 1. The number of aromatic hydroxyl groups is 1. The van der Waals surface area contributed by atoms with Crippen LogP contribution >= 0.6 is 0 Å². The van der Waals surface area contributed by atoms with Crippen LogP contribution in [0, 0.1) is 5.92 Å². The van der Waals surface area contributed by atoms with Gasteiger partial charge in [-0.3, -0.25) is 9.69 Å². The molecule has 142 valence electrons. The first-order chi connectivity index (χ1) is 12.1. The third kappa shape index (κ3) is 2.35. The summed E-state index contributed by atoms with van der Waals surface area (Å²) in [5, 5.41) is 21.5. The molecule has 2 aliphatic carbocycles. The summed E-state index contributed by atoms with van der Waals surface area (Å²) < 4.78 is 39.2. The topological polar surface area (TPSA) is 86.8 Å². The van der Waals surface area contributed by atoms with Crippen molar-refractivity contribution in [1.82, 2.24) is 4.90 Å². The standard InChI is InChI=1S/C18H21F3N2O3/c19-18(20,21)9-23-4-3-16-7-11(15(22)25)8-17(16,26)14(23)5-10-1-2-12(24)6-13(10)16/h1-2,6,11,14,24,26H,3-5,7-9H2,(H2,22,25)/t11?,14-,16-,17-/m1/s1. The summed E-state index contributed by atoms with van der Waals surface area (Å²) in [6.45, 7) is -0.919. The second-order valence-corrected chi connectivity index (χ2v) is 7.91. The first-order valence-corrected chi connectivity index (χ1v) is 8.71. The van der Waals surface area contributed by atoms with E-state index >= 15 is 0 Å². The number of rotatable bonds is 2. The van der Waals surface area contributed by atoms with Gasteiger partial charge in [-0.25, -0.2) is 0 Å². The number of carbonyl (C=O) groups excluding carboxylic acids is 1. The fourth-order valence-electron chi connectivity index (χ4n) is 5.60. The van der Waals surface area contributed by atoms with Gasteiger partial charge in [0.05, 0.1) is 12.1 Å². The Balaban J connectivity index is 1.85. The monoisotopic (exact) mass is 370 g/mol. The lowest BCUT2D eigenvalue weighted by molar-refractivity contribution is -0.188. The fraction of sp³-hybridized carbons (Fsp3) is 0.611. The van der Waals surface area contributed by atoms with Crippen molar-refractivity contribution >= 4 is 5.91 Å². The van der Waals surface area contributed by atoms with Crippen molar-refractivity contribution in [3.8, 4) is 5.75 Å². The Bertz CT molecular complexity index is 769. The molecule has 2 bridgehead atoms. The second-order valence-electron chi connectivity index (χ2n) is 7.91. The predicted octanol–water partition coefficient (Wildman–Crippen LogP) is 1.45. The first-order valence-electron chi connectivity index (χ1n) is 8.71. The normalized spacial score (nSPS) is 36.5. The summed E-state index contributed by atoms with van der Waals surface area (Å²) in [7, 11) is 0. The molecule has 1 aliphatic heterocycles. The molecule has 4 N–H and O–H groups in total. The largest absolute Gasteiger partial charge is 0.508 e. The second kappa shape index (κ2) is 5.36. The minimum absolute atomic E-state index is 0.0409. The molecule has 4 atom stereocenters. The maximum atomic E-state index is 13.1. The van der Waals surface area contributed by atoms with E-state index in [1.807, 2.05) is 0 Å². The molecular formula is C18H21F3N2O3. The number of nitrogens with two attached hydrogens (primary N) is 1. The molecule has 1 aromatic rings. The molecule has 8 heteroatoms. The lowest BCUT2D eigenvalue weighted by Gasteiger charge is -2.59. The average molecular weight is 370 g/mol. The van der Waals surface area contributed by atoms with Gasteiger partial charge in [-0.15, -0.1) is 0 Å². The van der Waals surface area contributed by atoms with Gasteiger partial charge in [0.1, 0.15) is 5.75 Å². The van der Waals surface area contributed by atoms with Crippen molar-refractivity contribution in [3.05, 3.63) is 29.3 Å². The van der Waals surface area contributed by atoms with Crippen LogP contribution in [0.3, 0.4) is 0 Å². The molecule has 5 nitrogen and oxygen atoms in total. The minimum atomic E-state index is -4.37. The summed E-state index contributed by atoms with van der Waals surface area (Å²) >= 11 is 0. The average Bonchev–Trinajstić information content (AvgIpc) is 2.85. The number of nitrogens with zero attached hydrogens (tertiary/aromatic N) is 1. The number of amides is 1. The Morgan fingerprint density at radius 2 is 2.08 bits per heavy atom. The van der Waals surface area contributed by atoms with Crippen LogP contribution in [-0.4, -0.2) is 51.9 Å². The summed E-state index contributed by atoms with van der Waals surface area (Å²) in [6, 6.07) is 4.05. The Hall–Kier alpha value is -1.80. The number of alkyl halides is 3. The van der Waals surface area contributed by atoms with E-state index in [1.54, 1.807) is 12.1 Å². The highest BCUT2D eigenvalue weighted by Crippen LogP contribution is 2.61. The van der Waals surface area contributed by atoms with Gasteiger partial charge in [0.25, 0.3) is 0 Å². The molecule has 2 fully saturated rings. The van der Waals surface area contributed by atoms with Crippen molar-refractivity contribution in [1.29, 1.82) is 0 Å². The van der Waals surface area contributed by atoms with Crippen LogP contribution in [0.15, 0.2) is 18.2 Å². The number of hydrogen-bond acceptors (Lipinski definition) is 4. The van der Waals surface area contributed by atoms with E-state index in [1.165, 1.54) is 11.0 Å². The third-order valence-corrected chi connectivity index (χ3v) is 6.61. The van der Waals surface area contributed by atoms with E-state index in [2.05, 4.69) is 0 Å². The number of benzene rings is 1. The molecule has 1 saturated heterocycles. The van der Waals surface area contributed by atoms with E-state index in [-0.39, 0.29) is 31.6 Å². The van der Waals surface area contributed by atoms with Crippen LogP contribution in [0.4, 0.5) is 13.2 Å². The molecule has 0 aromatic heterocycles. The molecule has 1 heterocycles. The number of likely N-dealkylation sites (tertiary alicyclic amines) is 1. The van der Waals surface area contributed by atoms with Gasteiger partial charge in [0, 0.05) is 17.4 Å². The highest BCUT2D eigenvalue weighted by atomic mass is 19.4. The highest BCUT2D eigenvalue weighted by Gasteiger charge is 2.68. The van der Waals surface area contributed by atoms with E-state index in [4.69, 9.17) is 5.73 Å². The molecule has 1 aromatic carbocycles. The lowest BCUT2D eigenvalue weighted by Crippen LogP contribution is -2.70. The van der Waals surface area contributed by atoms with Gasteiger partial charge in [-0.05, 0) is 55.5 Å². The highest BCUT2D eigenvalue weighted by molar-refractivity contribution is 5.78. The number of carbonyl (C=O) groups is 1. The maximum absolute atomic E-state index is 13.1. The molecule has 0 radical (unpaired) electrons. The number of hydrogen-bond donors (Lipinski definition) is 3. The zero-order valence-electron chi connectivity index (χ0n) is 14.1. The Morgan fingerprint density at radius 3 is 2.73 bits per heavy atom. The van der Waals surface area contributed by atoms with Gasteiger partial charge in [-0.2, -0.15) is 13.2 Å². The Kier molecular flexibility index (Phi) is 3.63. The summed E-state index contributed by atoms with van der Waals surface area (Å²) in [5.41, 5.74) is 4.71. The molecule has 0 spiro atoms. The molecule has 4 rings (SSSR count). The number of phenolic OH excluding ortho intramolecular Hbond substituents is 1. The summed E-state index contributed by atoms with van der Waals surface area (Å²) in [5.74, 6) is -1.10. The zero-order valence-corrected chi connectivity index (χ0v) is 14.1. The van der Waals surface area contributed by atoms with Crippen molar-refractivity contribution in [2.45, 2.75) is 48.9 Å². The van der Waals surface area contributed by atoms with Crippen LogP contribution in [0.5, 0.6) is 5.75 Å². The fourth-order valence-corrected chi connectivity index (χ4v) is 5.60. The van der Waals surface area contributed by atoms with Crippen molar-refractivity contribution in [2.75, 3.05) is 13.1 Å². The number of halogens is 3. The quantitative estimate of drug-likeness (QED) is 0.736. The first kappa shape index (κ1) is 17.6. The summed E-state index contributed by atoms with van der Waals surface area (Å²) in [6.07, 6.45) is -3.48. The molecule has 26 heavy (non-hydrogen) atoms. The van der Waals surface area contributed by atoms with Gasteiger partial charge in [0.15, 0.2) is 0 Å². The van der Waals surface area contributed by atoms with E-state index < -0.39 is 41.6 Å². The molecule has 3 aliphatic rings. The van der Waals surface area contributed by atoms with Gasteiger partial charge in [-0.1, -0.05) is 6.07 Å². The Labute approximate surface area is 148 Å². The maximum Gasteiger partial charge on any atom is 0.401 e. The lowest BCUT2D eigenvalue weighted by atomic mass is 9.56. The van der Waals surface area contributed by atoms with Crippen molar-refractivity contribution in [2.24, 2.45) is 11.7 Å². The van der Waals surface area contributed by atoms with Gasteiger partial charge in [0.2, 0.25) is 5.91 Å². The molecule has 1 amide bonds. The van der Waals surface area contributed by atoms with Gasteiger partial charge < -0.3 is 15.9 Å². The van der Waals surface area contributed by atoms with Gasteiger partial charge >= 0.3 is 6.18 Å². The number of piperidine rings is 1. The van der Waals surface area contributed by atoms with Crippen LogP contribution in [0.2, 0.25) is 0 Å². The van der Waals surface area contributed by atoms with Crippen LogP contribution in [-0.2, 0) is 16.6 Å². The van der Waals surface area contributed by atoms with Crippen LogP contribution in [0.25, 0.3) is 0 Å². The van der Waals surface area contributed by atoms with E-state index in [0.717, 1.165) is 11.1 Å². The SMILES string of the molecule is NC(=O)C1C[C@]23CCN(CC(F)(F)F)[C@H](Cc4ccc(O)cc42)[C@]3(O)C1. The Morgan fingerprint density at radius 1 is 1.35 bits per heavy atom. The number of fused-ring (bicyclic) bond motifs is 1. The number of aliphatic hydroxyl groups is 1. The van der Waals surface area contributed by atoms with Crippen molar-refractivity contribution in [3.63, 3.8) is 0 Å². The number of primary amides is 1. The molecule has 1 unspecified atom stereocenters. The molecular weight excluding hydrogens is 349 g/mol.